The molecule has 4 nitrogen and oxygen atoms in total. The summed E-state index contributed by atoms with van der Waals surface area (Å²) in [6, 6.07) is 11.9. The number of likely N-dealkylation sites (N-methyl/N-ethyl adjacent to an activating group) is 1. The summed E-state index contributed by atoms with van der Waals surface area (Å²) in [7, 11) is 4.01. The summed E-state index contributed by atoms with van der Waals surface area (Å²) in [6.45, 7) is 2.60. The fourth-order valence-electron chi connectivity index (χ4n) is 2.07. The topological polar surface area (TPSA) is 45.5 Å². The highest BCUT2D eigenvalue weighted by atomic mass is 16.3. The molecule has 0 aliphatic carbocycles. The highest BCUT2D eigenvalue weighted by Gasteiger charge is 2.16. The van der Waals surface area contributed by atoms with Crippen LogP contribution < -0.4 is 5.32 Å². The predicted octanol–water partition coefficient (Wildman–Crippen LogP) is 2.62. The second kappa shape index (κ2) is 6.39. The molecule has 106 valence electrons. The molecule has 0 bridgehead atoms. The van der Waals surface area contributed by atoms with E-state index >= 15 is 0 Å². The zero-order valence-corrected chi connectivity index (χ0v) is 12.1. The van der Waals surface area contributed by atoms with Gasteiger partial charge in [0.2, 0.25) is 0 Å². The fourth-order valence-corrected chi connectivity index (χ4v) is 2.07. The molecule has 2 rings (SSSR count). The summed E-state index contributed by atoms with van der Waals surface area (Å²) in [5.74, 6) is 0.153. The van der Waals surface area contributed by atoms with E-state index in [2.05, 4.69) is 41.4 Å². The van der Waals surface area contributed by atoms with Crippen LogP contribution in [-0.4, -0.2) is 31.4 Å². The summed E-state index contributed by atoms with van der Waals surface area (Å²) < 4.78 is 5.08. The van der Waals surface area contributed by atoms with Crippen molar-refractivity contribution in [3.63, 3.8) is 0 Å². The van der Waals surface area contributed by atoms with Crippen LogP contribution in [0.1, 0.15) is 27.7 Å². The molecule has 0 spiro atoms. The first-order valence-electron chi connectivity index (χ1n) is 6.62. The number of carbonyl (C=O) groups is 1. The Labute approximate surface area is 119 Å². The molecule has 1 aromatic heterocycles. The van der Waals surface area contributed by atoms with Crippen molar-refractivity contribution in [3.8, 4) is 0 Å². The molecule has 1 atom stereocenters. The van der Waals surface area contributed by atoms with E-state index < -0.39 is 0 Å². The summed E-state index contributed by atoms with van der Waals surface area (Å²) in [4.78, 5) is 14.0. The molecular formula is C16H20N2O2. The maximum Gasteiger partial charge on any atom is 0.287 e. The quantitative estimate of drug-likeness (QED) is 0.910. The van der Waals surface area contributed by atoms with Crippen LogP contribution in [-0.2, 0) is 0 Å². The normalized spacial score (nSPS) is 12.4. The number of amides is 1. The van der Waals surface area contributed by atoms with Gasteiger partial charge < -0.3 is 14.6 Å². The van der Waals surface area contributed by atoms with Crippen molar-refractivity contribution in [1.29, 1.82) is 0 Å². The van der Waals surface area contributed by atoms with Gasteiger partial charge in [0.15, 0.2) is 5.76 Å². The molecule has 1 N–H and O–H groups in total. The molecule has 4 heteroatoms. The average molecular weight is 272 g/mol. The Morgan fingerprint density at radius 1 is 1.25 bits per heavy atom. The van der Waals surface area contributed by atoms with Crippen LogP contribution in [0, 0.1) is 6.92 Å². The Kier molecular flexibility index (Phi) is 4.58. The van der Waals surface area contributed by atoms with Gasteiger partial charge in [-0.25, -0.2) is 0 Å². The molecule has 2 aromatic rings. The second-order valence-electron chi connectivity index (χ2n) is 5.08. The number of aryl methyl sites for hydroxylation is 1. The van der Waals surface area contributed by atoms with Gasteiger partial charge in [0.25, 0.3) is 5.91 Å². The summed E-state index contributed by atoms with van der Waals surface area (Å²) >= 11 is 0. The SMILES string of the molecule is Cc1ccc([C@H](CNC(=O)c2ccco2)N(C)C)cc1. The van der Waals surface area contributed by atoms with Crippen molar-refractivity contribution in [2.24, 2.45) is 0 Å². The molecule has 0 saturated heterocycles. The molecule has 20 heavy (non-hydrogen) atoms. The third-order valence-corrected chi connectivity index (χ3v) is 3.29. The molecule has 1 amide bonds. The fraction of sp³-hybridized carbons (Fsp3) is 0.312. The van der Waals surface area contributed by atoms with Crippen molar-refractivity contribution < 1.29 is 9.21 Å². The number of nitrogens with zero attached hydrogens (tertiary/aromatic N) is 1. The van der Waals surface area contributed by atoms with Gasteiger partial charge in [-0.2, -0.15) is 0 Å². The van der Waals surface area contributed by atoms with Crippen LogP contribution in [0.3, 0.4) is 0 Å². The number of furan rings is 1. The lowest BCUT2D eigenvalue weighted by molar-refractivity contribution is 0.0914. The lowest BCUT2D eigenvalue weighted by atomic mass is 10.0. The Balaban J connectivity index is 2.03. The van der Waals surface area contributed by atoms with Gasteiger partial charge in [-0.15, -0.1) is 0 Å². The van der Waals surface area contributed by atoms with Gasteiger partial charge in [0.05, 0.1) is 12.3 Å². The first kappa shape index (κ1) is 14.3. The van der Waals surface area contributed by atoms with Crippen LogP contribution in [0.15, 0.2) is 47.1 Å². The minimum absolute atomic E-state index is 0.134. The van der Waals surface area contributed by atoms with Crippen LogP contribution in [0.5, 0.6) is 0 Å². The molecule has 0 aliphatic heterocycles. The van der Waals surface area contributed by atoms with Gasteiger partial charge in [0, 0.05) is 6.54 Å². The molecule has 1 aromatic carbocycles. The Bertz CT molecular complexity index is 544. The summed E-state index contributed by atoms with van der Waals surface area (Å²) in [5.41, 5.74) is 2.41. The van der Waals surface area contributed by atoms with Crippen LogP contribution in [0.4, 0.5) is 0 Å². The number of benzene rings is 1. The minimum atomic E-state index is -0.186. The van der Waals surface area contributed by atoms with E-state index in [0.717, 1.165) is 0 Å². The van der Waals surface area contributed by atoms with Gasteiger partial charge in [-0.3, -0.25) is 4.79 Å². The number of hydrogen-bond donors (Lipinski definition) is 1. The average Bonchev–Trinajstić information content (AvgIpc) is 2.94. The molecule has 0 fully saturated rings. The summed E-state index contributed by atoms with van der Waals surface area (Å²) in [6.07, 6.45) is 1.50. The molecule has 0 radical (unpaired) electrons. The van der Waals surface area contributed by atoms with Crippen LogP contribution in [0.2, 0.25) is 0 Å². The van der Waals surface area contributed by atoms with E-state index in [4.69, 9.17) is 4.42 Å². The van der Waals surface area contributed by atoms with Crippen molar-refractivity contribution >= 4 is 5.91 Å². The van der Waals surface area contributed by atoms with Gasteiger partial charge in [-0.05, 0) is 38.7 Å². The van der Waals surface area contributed by atoms with E-state index in [9.17, 15) is 4.79 Å². The lowest BCUT2D eigenvalue weighted by Gasteiger charge is -2.25. The third-order valence-electron chi connectivity index (χ3n) is 3.29. The molecule has 0 saturated carbocycles. The van der Waals surface area contributed by atoms with Gasteiger partial charge >= 0.3 is 0 Å². The number of nitrogens with one attached hydrogen (secondary N) is 1. The maximum absolute atomic E-state index is 11.9. The maximum atomic E-state index is 11.9. The number of carbonyl (C=O) groups excluding carboxylic acids is 1. The zero-order valence-electron chi connectivity index (χ0n) is 12.1. The Morgan fingerprint density at radius 2 is 1.95 bits per heavy atom. The first-order valence-corrected chi connectivity index (χ1v) is 6.62. The second-order valence-corrected chi connectivity index (χ2v) is 5.08. The first-order chi connectivity index (χ1) is 9.58. The van der Waals surface area contributed by atoms with Crippen LogP contribution in [0.25, 0.3) is 0 Å². The van der Waals surface area contributed by atoms with Gasteiger partial charge in [-0.1, -0.05) is 29.8 Å². The van der Waals surface area contributed by atoms with E-state index in [1.807, 2.05) is 14.1 Å². The molecule has 0 aliphatic rings. The van der Waals surface area contributed by atoms with Crippen LogP contribution >= 0.6 is 0 Å². The highest BCUT2D eigenvalue weighted by molar-refractivity contribution is 5.91. The third kappa shape index (κ3) is 3.48. The van der Waals surface area contributed by atoms with Gasteiger partial charge in [0.1, 0.15) is 0 Å². The monoisotopic (exact) mass is 272 g/mol. The number of rotatable bonds is 5. The van der Waals surface area contributed by atoms with Crippen molar-refractivity contribution in [1.82, 2.24) is 10.2 Å². The van der Waals surface area contributed by atoms with Crippen molar-refractivity contribution in [2.75, 3.05) is 20.6 Å². The molecule has 1 heterocycles. The lowest BCUT2D eigenvalue weighted by Crippen LogP contribution is -2.34. The zero-order chi connectivity index (χ0) is 14.5. The predicted molar refractivity (Wildman–Crippen MR) is 78.6 cm³/mol. The number of hydrogen-bond acceptors (Lipinski definition) is 3. The Morgan fingerprint density at radius 3 is 2.50 bits per heavy atom. The highest BCUT2D eigenvalue weighted by Crippen LogP contribution is 2.18. The molecule has 0 unspecified atom stereocenters. The van der Waals surface area contributed by atoms with Crippen molar-refractivity contribution in [3.05, 3.63) is 59.5 Å². The summed E-state index contributed by atoms with van der Waals surface area (Å²) in [5, 5.41) is 2.91. The van der Waals surface area contributed by atoms with E-state index in [1.165, 1.54) is 17.4 Å². The smallest absolute Gasteiger partial charge is 0.287 e. The van der Waals surface area contributed by atoms with E-state index in [-0.39, 0.29) is 11.9 Å². The van der Waals surface area contributed by atoms with Crippen molar-refractivity contribution in [2.45, 2.75) is 13.0 Å². The molecular weight excluding hydrogens is 252 g/mol. The van der Waals surface area contributed by atoms with E-state index in [1.54, 1.807) is 12.1 Å². The Hall–Kier alpha value is -2.07. The largest absolute Gasteiger partial charge is 0.459 e. The standard InChI is InChI=1S/C16H20N2O2/c1-12-6-8-13(9-7-12)14(18(2)3)11-17-16(19)15-5-4-10-20-15/h4-10,14H,11H2,1-3H3,(H,17,19)/t14-/m0/s1. The van der Waals surface area contributed by atoms with E-state index in [0.29, 0.717) is 12.3 Å². The minimum Gasteiger partial charge on any atom is -0.459 e.